The molecule has 150 valence electrons. The fourth-order valence-corrected chi connectivity index (χ4v) is 5.06. The molecule has 4 nitrogen and oxygen atoms in total. The van der Waals surface area contributed by atoms with Gasteiger partial charge in [0.2, 0.25) is 0 Å². The number of hydrogen-bond acceptors (Lipinski definition) is 5. The predicted octanol–water partition coefficient (Wildman–Crippen LogP) is 6.05. The molecule has 9 heteroatoms. The second kappa shape index (κ2) is 6.75. The van der Waals surface area contributed by atoms with Crippen molar-refractivity contribution < 1.29 is 13.2 Å². The van der Waals surface area contributed by atoms with Crippen LogP contribution in [0.5, 0.6) is 0 Å². The fourth-order valence-electron chi connectivity index (χ4n) is 3.29. The zero-order chi connectivity index (χ0) is 21.0. The molecule has 0 bridgehead atoms. The van der Waals surface area contributed by atoms with Crippen LogP contribution in [0.25, 0.3) is 36.7 Å². The molecule has 0 saturated carbocycles. The third kappa shape index (κ3) is 3.01. The van der Waals surface area contributed by atoms with E-state index in [1.54, 1.807) is 29.6 Å². The van der Waals surface area contributed by atoms with Crippen molar-refractivity contribution in [2.45, 2.75) is 13.1 Å². The quantitative estimate of drug-likeness (QED) is 0.334. The summed E-state index contributed by atoms with van der Waals surface area (Å²) in [5, 5.41) is 1.65. The standard InChI is InChI=1S/C21H12F3N3OS2/c1-11-4-6-12(7-5-11)27-10-25-17-16-13(21(22,23)24)9-14(15-3-2-8-29-15)26-19(16)30-18(17)20(27)28/h2-10H,1H3. The third-order valence-electron chi connectivity index (χ3n) is 4.74. The van der Waals surface area contributed by atoms with Gasteiger partial charge >= 0.3 is 6.18 Å². The highest BCUT2D eigenvalue weighted by atomic mass is 32.1. The lowest BCUT2D eigenvalue weighted by atomic mass is 10.1. The summed E-state index contributed by atoms with van der Waals surface area (Å²) in [6.07, 6.45) is -3.33. The number of aryl methyl sites for hydroxylation is 1. The molecule has 0 aliphatic heterocycles. The van der Waals surface area contributed by atoms with Gasteiger partial charge in [0.15, 0.2) is 0 Å². The van der Waals surface area contributed by atoms with E-state index in [0.29, 0.717) is 10.6 Å². The van der Waals surface area contributed by atoms with Crippen LogP contribution in [0.1, 0.15) is 11.1 Å². The minimum Gasteiger partial charge on any atom is -0.267 e. The molecule has 4 heterocycles. The highest BCUT2D eigenvalue weighted by molar-refractivity contribution is 7.25. The summed E-state index contributed by atoms with van der Waals surface area (Å²) in [5.74, 6) is 0. The molecule has 0 unspecified atom stereocenters. The van der Waals surface area contributed by atoms with Gasteiger partial charge in [-0.05, 0) is 36.6 Å². The van der Waals surface area contributed by atoms with Gasteiger partial charge in [-0.1, -0.05) is 23.8 Å². The Morgan fingerprint density at radius 2 is 1.87 bits per heavy atom. The first-order valence-corrected chi connectivity index (χ1v) is 10.6. The Balaban J connectivity index is 1.83. The highest BCUT2D eigenvalue weighted by Gasteiger charge is 2.35. The number of fused-ring (bicyclic) bond motifs is 3. The Kier molecular flexibility index (Phi) is 4.26. The molecule has 5 rings (SSSR count). The third-order valence-corrected chi connectivity index (χ3v) is 6.70. The van der Waals surface area contributed by atoms with Crippen molar-refractivity contribution in [2.75, 3.05) is 0 Å². The summed E-state index contributed by atoms with van der Waals surface area (Å²) in [5.41, 5.74) is 0.638. The van der Waals surface area contributed by atoms with Crippen LogP contribution in [-0.4, -0.2) is 14.5 Å². The van der Waals surface area contributed by atoms with Crippen LogP contribution >= 0.6 is 22.7 Å². The average Bonchev–Trinajstić information content (AvgIpc) is 3.36. The van der Waals surface area contributed by atoms with E-state index < -0.39 is 17.3 Å². The first-order chi connectivity index (χ1) is 14.3. The average molecular weight is 443 g/mol. The lowest BCUT2D eigenvalue weighted by Crippen LogP contribution is -2.17. The van der Waals surface area contributed by atoms with Crippen molar-refractivity contribution in [1.82, 2.24) is 14.5 Å². The molecule has 0 amide bonds. The van der Waals surface area contributed by atoms with Gasteiger partial charge in [0.25, 0.3) is 5.56 Å². The Labute approximate surface area is 175 Å². The Morgan fingerprint density at radius 3 is 2.53 bits per heavy atom. The minimum absolute atomic E-state index is 0.0286. The number of alkyl halides is 3. The molecular weight excluding hydrogens is 431 g/mol. The van der Waals surface area contributed by atoms with E-state index in [9.17, 15) is 18.0 Å². The molecular formula is C21H12F3N3OS2. The molecule has 0 saturated heterocycles. The van der Waals surface area contributed by atoms with Crippen LogP contribution in [0.2, 0.25) is 0 Å². The molecule has 0 N–H and O–H groups in total. The van der Waals surface area contributed by atoms with Gasteiger partial charge in [-0.25, -0.2) is 9.97 Å². The van der Waals surface area contributed by atoms with Crippen LogP contribution in [0.4, 0.5) is 13.2 Å². The molecule has 30 heavy (non-hydrogen) atoms. The fraction of sp³-hybridized carbons (Fsp3) is 0.0952. The summed E-state index contributed by atoms with van der Waals surface area (Å²) < 4.78 is 43.2. The predicted molar refractivity (Wildman–Crippen MR) is 114 cm³/mol. The smallest absolute Gasteiger partial charge is 0.267 e. The van der Waals surface area contributed by atoms with Gasteiger partial charge in [-0.2, -0.15) is 13.2 Å². The van der Waals surface area contributed by atoms with Gasteiger partial charge in [-0.3, -0.25) is 9.36 Å². The Hall–Kier alpha value is -3.04. The second-order valence-electron chi connectivity index (χ2n) is 6.75. The molecule has 0 aliphatic rings. The zero-order valence-corrected chi connectivity index (χ0v) is 17.0. The van der Waals surface area contributed by atoms with Crippen LogP contribution in [0.3, 0.4) is 0 Å². The monoisotopic (exact) mass is 443 g/mol. The normalized spacial score (nSPS) is 12.1. The Bertz CT molecular complexity index is 1450. The number of halogens is 3. The number of hydrogen-bond donors (Lipinski definition) is 0. The van der Waals surface area contributed by atoms with Gasteiger partial charge in [0.1, 0.15) is 15.9 Å². The van der Waals surface area contributed by atoms with Crippen molar-refractivity contribution >= 4 is 43.1 Å². The van der Waals surface area contributed by atoms with Gasteiger partial charge in [0.05, 0.1) is 32.7 Å². The molecule has 1 aromatic carbocycles. The summed E-state index contributed by atoms with van der Waals surface area (Å²) in [6, 6.07) is 11.8. The van der Waals surface area contributed by atoms with E-state index in [2.05, 4.69) is 9.97 Å². The van der Waals surface area contributed by atoms with Gasteiger partial charge < -0.3 is 0 Å². The molecule has 0 aliphatic carbocycles. The molecule has 4 aromatic heterocycles. The van der Waals surface area contributed by atoms with Crippen LogP contribution in [-0.2, 0) is 6.18 Å². The molecule has 5 aromatic rings. The van der Waals surface area contributed by atoms with Crippen molar-refractivity contribution in [3.63, 3.8) is 0 Å². The number of aromatic nitrogens is 3. The first-order valence-electron chi connectivity index (χ1n) is 8.86. The number of pyridine rings is 1. The van der Waals surface area contributed by atoms with E-state index in [1.165, 1.54) is 22.2 Å². The molecule has 0 spiro atoms. The van der Waals surface area contributed by atoms with Crippen molar-refractivity contribution in [3.05, 3.63) is 75.7 Å². The molecule has 0 fully saturated rings. The number of nitrogens with zero attached hydrogens (tertiary/aromatic N) is 3. The SMILES string of the molecule is Cc1ccc(-n2cnc3c(sc4nc(-c5cccs5)cc(C(F)(F)F)c43)c2=O)cc1. The van der Waals surface area contributed by atoms with Gasteiger partial charge in [-0.15, -0.1) is 22.7 Å². The largest absolute Gasteiger partial charge is 0.417 e. The van der Waals surface area contributed by atoms with Crippen molar-refractivity contribution in [3.8, 4) is 16.3 Å². The maximum atomic E-state index is 13.9. The minimum atomic E-state index is -4.60. The lowest BCUT2D eigenvalue weighted by molar-refractivity contribution is -0.136. The van der Waals surface area contributed by atoms with Crippen LogP contribution in [0.15, 0.2) is 59.0 Å². The topological polar surface area (TPSA) is 47.8 Å². The summed E-state index contributed by atoms with van der Waals surface area (Å²) in [4.78, 5) is 22.5. The summed E-state index contributed by atoms with van der Waals surface area (Å²) >= 11 is 2.25. The van der Waals surface area contributed by atoms with Crippen molar-refractivity contribution in [2.24, 2.45) is 0 Å². The lowest BCUT2D eigenvalue weighted by Gasteiger charge is -2.10. The van der Waals surface area contributed by atoms with E-state index in [1.807, 2.05) is 19.1 Å². The number of thiophene rings is 2. The number of rotatable bonds is 2. The maximum Gasteiger partial charge on any atom is 0.417 e. The summed E-state index contributed by atoms with van der Waals surface area (Å²) in [6.45, 7) is 1.93. The van der Waals surface area contributed by atoms with Crippen LogP contribution in [0, 0.1) is 6.92 Å². The van der Waals surface area contributed by atoms with Crippen molar-refractivity contribution in [1.29, 1.82) is 0 Å². The van der Waals surface area contributed by atoms with Crippen LogP contribution < -0.4 is 5.56 Å². The van der Waals surface area contributed by atoms with Gasteiger partial charge in [0, 0.05) is 0 Å². The molecule has 0 atom stereocenters. The Morgan fingerprint density at radius 1 is 1.10 bits per heavy atom. The second-order valence-corrected chi connectivity index (χ2v) is 8.69. The number of benzene rings is 1. The van der Waals surface area contributed by atoms with E-state index in [0.717, 1.165) is 23.0 Å². The van der Waals surface area contributed by atoms with E-state index in [-0.39, 0.29) is 26.1 Å². The summed E-state index contributed by atoms with van der Waals surface area (Å²) in [7, 11) is 0. The first kappa shape index (κ1) is 19.0. The highest BCUT2D eigenvalue weighted by Crippen LogP contribution is 2.42. The molecule has 0 radical (unpaired) electrons. The van der Waals surface area contributed by atoms with E-state index >= 15 is 0 Å². The maximum absolute atomic E-state index is 13.9. The van der Waals surface area contributed by atoms with E-state index in [4.69, 9.17) is 0 Å². The zero-order valence-electron chi connectivity index (χ0n) is 15.4.